The standard InChI is InChI=1S/C28H37FN4O4/c1-37-25-9-5-3-7-23(25)20-32-16-18-33(19-17-32)27(34)26(30-28(35)36)22-11-14-31(15-12-22)13-10-21-6-2-4-8-24(21)29/h2-9,22,26,30H,10-20H2,1H3,(H,35,36)/t26-/m1/s1. The molecule has 0 aromatic heterocycles. The van der Waals surface area contributed by atoms with E-state index >= 15 is 0 Å². The molecule has 2 heterocycles. The van der Waals surface area contributed by atoms with Crippen molar-refractivity contribution >= 4 is 12.0 Å². The SMILES string of the molecule is COc1ccccc1CN1CCN(C(=O)[C@H](NC(=O)O)C2CCN(CCc3ccccc3F)CC2)CC1. The molecule has 2 saturated heterocycles. The van der Waals surface area contributed by atoms with Crippen molar-refractivity contribution in [2.24, 2.45) is 5.92 Å². The molecule has 0 unspecified atom stereocenters. The Balaban J connectivity index is 1.28. The molecule has 200 valence electrons. The fraction of sp³-hybridized carbons (Fsp3) is 0.500. The molecular weight excluding hydrogens is 475 g/mol. The molecule has 2 aliphatic heterocycles. The second-order valence-electron chi connectivity index (χ2n) is 9.86. The van der Waals surface area contributed by atoms with Crippen molar-refractivity contribution in [3.63, 3.8) is 0 Å². The number of halogens is 1. The van der Waals surface area contributed by atoms with Gasteiger partial charge in [0, 0.05) is 44.8 Å². The molecule has 2 aromatic carbocycles. The maximum Gasteiger partial charge on any atom is 0.405 e. The number of methoxy groups -OCH3 is 1. The number of ether oxygens (including phenoxy) is 1. The molecule has 0 aliphatic carbocycles. The number of benzene rings is 2. The monoisotopic (exact) mass is 512 g/mol. The van der Waals surface area contributed by atoms with Crippen LogP contribution in [0, 0.1) is 11.7 Å². The van der Waals surface area contributed by atoms with Gasteiger partial charge >= 0.3 is 6.09 Å². The molecule has 2 amide bonds. The van der Waals surface area contributed by atoms with Crippen LogP contribution < -0.4 is 10.1 Å². The minimum absolute atomic E-state index is 0.0556. The zero-order valence-corrected chi connectivity index (χ0v) is 21.4. The van der Waals surface area contributed by atoms with Gasteiger partial charge in [-0.25, -0.2) is 9.18 Å². The maximum absolute atomic E-state index is 13.9. The molecule has 0 saturated carbocycles. The first kappa shape index (κ1) is 26.9. The van der Waals surface area contributed by atoms with Crippen LogP contribution in [-0.4, -0.2) is 90.8 Å². The number of para-hydroxylation sites is 1. The molecule has 0 bridgehead atoms. The van der Waals surface area contributed by atoms with E-state index in [2.05, 4.69) is 15.1 Å². The molecular formula is C28H37FN4O4. The van der Waals surface area contributed by atoms with E-state index < -0.39 is 12.1 Å². The fourth-order valence-corrected chi connectivity index (χ4v) is 5.40. The number of carboxylic acid groups (broad SMARTS) is 1. The summed E-state index contributed by atoms with van der Waals surface area (Å²) >= 11 is 0. The highest BCUT2D eigenvalue weighted by molar-refractivity contribution is 5.85. The summed E-state index contributed by atoms with van der Waals surface area (Å²) in [6.45, 7) is 5.57. The predicted molar refractivity (Wildman–Crippen MR) is 139 cm³/mol. The van der Waals surface area contributed by atoms with Crippen LogP contribution in [-0.2, 0) is 17.8 Å². The van der Waals surface area contributed by atoms with Gasteiger partial charge in [0.05, 0.1) is 7.11 Å². The van der Waals surface area contributed by atoms with Gasteiger partial charge in [0.1, 0.15) is 17.6 Å². The van der Waals surface area contributed by atoms with E-state index in [-0.39, 0.29) is 17.6 Å². The van der Waals surface area contributed by atoms with Crippen LogP contribution in [0.5, 0.6) is 5.75 Å². The molecule has 1 atom stereocenters. The minimum atomic E-state index is -1.17. The number of rotatable bonds is 9. The van der Waals surface area contributed by atoms with Crippen LogP contribution in [0.25, 0.3) is 0 Å². The van der Waals surface area contributed by atoms with Gasteiger partial charge in [-0.1, -0.05) is 36.4 Å². The largest absolute Gasteiger partial charge is 0.496 e. The van der Waals surface area contributed by atoms with Gasteiger partial charge in [-0.2, -0.15) is 0 Å². The molecule has 9 heteroatoms. The number of hydrogen-bond acceptors (Lipinski definition) is 5. The molecule has 2 aromatic rings. The Bertz CT molecular complexity index is 1050. The molecule has 0 radical (unpaired) electrons. The summed E-state index contributed by atoms with van der Waals surface area (Å²) in [6, 6.07) is 14.0. The lowest BCUT2D eigenvalue weighted by atomic mass is 9.88. The number of carbonyl (C=O) groups is 2. The Morgan fingerprint density at radius 1 is 0.973 bits per heavy atom. The van der Waals surface area contributed by atoms with Gasteiger partial charge in [0.2, 0.25) is 5.91 Å². The molecule has 2 aliphatic rings. The van der Waals surface area contributed by atoms with Crippen LogP contribution in [0.4, 0.5) is 9.18 Å². The number of piperidine rings is 1. The summed E-state index contributed by atoms with van der Waals surface area (Å²) in [4.78, 5) is 31.3. The van der Waals surface area contributed by atoms with E-state index in [0.29, 0.717) is 25.1 Å². The summed E-state index contributed by atoms with van der Waals surface area (Å²) in [5.74, 6) is 0.479. The first-order chi connectivity index (χ1) is 17.9. The van der Waals surface area contributed by atoms with Crippen LogP contribution >= 0.6 is 0 Å². The van der Waals surface area contributed by atoms with Crippen molar-refractivity contribution in [2.75, 3.05) is 52.9 Å². The van der Waals surface area contributed by atoms with Gasteiger partial charge < -0.3 is 25.0 Å². The molecule has 37 heavy (non-hydrogen) atoms. The summed E-state index contributed by atoms with van der Waals surface area (Å²) < 4.78 is 19.4. The topological polar surface area (TPSA) is 85.3 Å². The summed E-state index contributed by atoms with van der Waals surface area (Å²) in [5, 5.41) is 12.0. The van der Waals surface area contributed by atoms with Gasteiger partial charge in [-0.05, 0) is 56.0 Å². The van der Waals surface area contributed by atoms with Crippen LogP contribution in [0.3, 0.4) is 0 Å². The lowest BCUT2D eigenvalue weighted by Crippen LogP contribution is -2.57. The summed E-state index contributed by atoms with van der Waals surface area (Å²) in [5.41, 5.74) is 1.81. The van der Waals surface area contributed by atoms with Crippen molar-refractivity contribution in [1.82, 2.24) is 20.0 Å². The highest BCUT2D eigenvalue weighted by atomic mass is 19.1. The van der Waals surface area contributed by atoms with Crippen molar-refractivity contribution in [1.29, 1.82) is 0 Å². The first-order valence-corrected chi connectivity index (χ1v) is 13.0. The average molecular weight is 513 g/mol. The third kappa shape index (κ3) is 7.20. The van der Waals surface area contributed by atoms with Crippen LogP contribution in [0.15, 0.2) is 48.5 Å². The Labute approximate surface area is 218 Å². The van der Waals surface area contributed by atoms with Gasteiger partial charge in [-0.3, -0.25) is 9.69 Å². The molecule has 2 N–H and O–H groups in total. The number of hydrogen-bond donors (Lipinski definition) is 2. The Morgan fingerprint density at radius 3 is 2.27 bits per heavy atom. The molecule has 4 rings (SSSR count). The van der Waals surface area contributed by atoms with Crippen LogP contribution in [0.1, 0.15) is 24.0 Å². The predicted octanol–water partition coefficient (Wildman–Crippen LogP) is 3.07. The summed E-state index contributed by atoms with van der Waals surface area (Å²) in [6.07, 6.45) is 0.908. The Kier molecular flexibility index (Phi) is 9.35. The van der Waals surface area contributed by atoms with Crippen molar-refractivity contribution < 1.29 is 23.8 Å². The van der Waals surface area contributed by atoms with E-state index in [1.807, 2.05) is 36.4 Å². The van der Waals surface area contributed by atoms with Crippen molar-refractivity contribution in [3.05, 3.63) is 65.5 Å². The lowest BCUT2D eigenvalue weighted by molar-refractivity contribution is -0.137. The van der Waals surface area contributed by atoms with E-state index in [0.717, 1.165) is 63.4 Å². The Hall–Kier alpha value is -3.17. The van der Waals surface area contributed by atoms with E-state index in [4.69, 9.17) is 4.74 Å². The first-order valence-electron chi connectivity index (χ1n) is 13.0. The smallest absolute Gasteiger partial charge is 0.405 e. The number of carbonyl (C=O) groups excluding carboxylic acids is 1. The van der Waals surface area contributed by atoms with Gasteiger partial charge in [-0.15, -0.1) is 0 Å². The highest BCUT2D eigenvalue weighted by Gasteiger charge is 2.36. The highest BCUT2D eigenvalue weighted by Crippen LogP contribution is 2.24. The average Bonchev–Trinajstić information content (AvgIpc) is 2.92. The fourth-order valence-electron chi connectivity index (χ4n) is 5.40. The van der Waals surface area contributed by atoms with Gasteiger partial charge in [0.15, 0.2) is 0 Å². The van der Waals surface area contributed by atoms with E-state index in [9.17, 15) is 19.1 Å². The third-order valence-corrected chi connectivity index (χ3v) is 7.57. The molecule has 0 spiro atoms. The number of nitrogens with zero attached hydrogens (tertiary/aromatic N) is 3. The van der Waals surface area contributed by atoms with Crippen LogP contribution in [0.2, 0.25) is 0 Å². The second kappa shape index (κ2) is 12.9. The zero-order chi connectivity index (χ0) is 26.2. The normalized spacial score (nSPS) is 18.4. The Morgan fingerprint density at radius 2 is 1.62 bits per heavy atom. The van der Waals surface area contributed by atoms with E-state index in [1.54, 1.807) is 18.1 Å². The quantitative estimate of drug-likeness (QED) is 0.537. The number of amides is 2. The minimum Gasteiger partial charge on any atom is -0.496 e. The van der Waals surface area contributed by atoms with E-state index in [1.165, 1.54) is 6.07 Å². The third-order valence-electron chi connectivity index (χ3n) is 7.57. The maximum atomic E-state index is 13.9. The zero-order valence-electron chi connectivity index (χ0n) is 21.4. The molecule has 8 nitrogen and oxygen atoms in total. The number of likely N-dealkylation sites (tertiary alicyclic amines) is 1. The number of nitrogens with one attached hydrogen (secondary N) is 1. The second-order valence-corrected chi connectivity index (χ2v) is 9.86. The van der Waals surface area contributed by atoms with Gasteiger partial charge in [0.25, 0.3) is 0 Å². The number of piperazine rings is 1. The summed E-state index contributed by atoms with van der Waals surface area (Å²) in [7, 11) is 1.67. The van der Waals surface area contributed by atoms with Crippen molar-refractivity contribution in [2.45, 2.75) is 31.8 Å². The lowest BCUT2D eigenvalue weighted by Gasteiger charge is -2.40. The van der Waals surface area contributed by atoms with Crippen molar-refractivity contribution in [3.8, 4) is 5.75 Å². The molecule has 2 fully saturated rings.